The van der Waals surface area contributed by atoms with Gasteiger partial charge in [0.2, 0.25) is 0 Å². The van der Waals surface area contributed by atoms with Crippen molar-refractivity contribution in [1.29, 1.82) is 5.26 Å². The van der Waals surface area contributed by atoms with E-state index in [2.05, 4.69) is 39.8 Å². The van der Waals surface area contributed by atoms with Crippen molar-refractivity contribution >= 4 is 11.8 Å². The maximum absolute atomic E-state index is 8.96. The van der Waals surface area contributed by atoms with Crippen molar-refractivity contribution in [1.82, 2.24) is 0 Å². The number of ether oxygens (including phenoxy) is 1. The number of benzene rings is 1. The third-order valence-corrected chi connectivity index (χ3v) is 3.64. The predicted molar refractivity (Wildman–Crippen MR) is 86.0 cm³/mol. The van der Waals surface area contributed by atoms with E-state index in [1.54, 1.807) is 17.8 Å². The molecule has 2 nitrogen and oxygen atoms in total. The molecule has 1 aromatic rings. The Balaban J connectivity index is 3.19. The van der Waals surface area contributed by atoms with Crippen LogP contribution in [0.4, 0.5) is 0 Å². The summed E-state index contributed by atoms with van der Waals surface area (Å²) in [7, 11) is 0. The average molecular weight is 287 g/mol. The van der Waals surface area contributed by atoms with E-state index in [1.807, 2.05) is 18.4 Å². The van der Waals surface area contributed by atoms with Gasteiger partial charge in [-0.3, -0.25) is 0 Å². The maximum Gasteiger partial charge on any atom is 0.141 e. The minimum absolute atomic E-state index is 0.654. The van der Waals surface area contributed by atoms with Crippen molar-refractivity contribution < 1.29 is 4.74 Å². The van der Waals surface area contributed by atoms with Gasteiger partial charge in [0.1, 0.15) is 11.5 Å². The fourth-order valence-corrected chi connectivity index (χ4v) is 2.17. The van der Waals surface area contributed by atoms with Crippen molar-refractivity contribution in [3.63, 3.8) is 0 Å². The Kier molecular flexibility index (Phi) is 6.41. The molecule has 106 valence electrons. The van der Waals surface area contributed by atoms with Gasteiger partial charge in [0, 0.05) is 0 Å². The molecular formula is C17H21NOS. The monoisotopic (exact) mass is 287 g/mol. The van der Waals surface area contributed by atoms with Crippen LogP contribution >= 0.6 is 11.8 Å². The molecule has 0 heterocycles. The van der Waals surface area contributed by atoms with Gasteiger partial charge in [0.05, 0.1) is 16.5 Å². The molecule has 1 aromatic carbocycles. The Morgan fingerprint density at radius 1 is 1.35 bits per heavy atom. The smallest absolute Gasteiger partial charge is 0.141 e. The molecule has 0 amide bonds. The Bertz CT molecular complexity index is 575. The van der Waals surface area contributed by atoms with Crippen LogP contribution in [0.5, 0.6) is 5.75 Å². The molecule has 0 unspecified atom stereocenters. The molecule has 0 N–H and O–H groups in total. The summed E-state index contributed by atoms with van der Waals surface area (Å²) in [6.45, 7) is 8.31. The first-order chi connectivity index (χ1) is 9.51. The summed E-state index contributed by atoms with van der Waals surface area (Å²) >= 11 is 1.59. The lowest BCUT2D eigenvalue weighted by Crippen LogP contribution is -1.98. The van der Waals surface area contributed by atoms with E-state index >= 15 is 0 Å². The van der Waals surface area contributed by atoms with Gasteiger partial charge < -0.3 is 4.74 Å². The summed E-state index contributed by atoms with van der Waals surface area (Å²) in [6, 6.07) is 7.67. The summed E-state index contributed by atoms with van der Waals surface area (Å²) in [6.07, 6.45) is 4.99. The zero-order chi connectivity index (χ0) is 15.1. The standard InChI is InChI=1S/C17H21NOS/c1-6-13(4)16(9-12(2)3)19-15-8-7-14(11-18)10-17(15)20-5/h7-10H,6H2,1-5H3/b16-13+. The minimum Gasteiger partial charge on any atom is -0.456 e. The molecule has 0 saturated carbocycles. The maximum atomic E-state index is 8.96. The molecule has 0 bridgehead atoms. The summed E-state index contributed by atoms with van der Waals surface area (Å²) < 4.78 is 6.07. The second-order valence-corrected chi connectivity index (χ2v) is 5.65. The topological polar surface area (TPSA) is 33.0 Å². The van der Waals surface area contributed by atoms with Crippen molar-refractivity contribution in [3.8, 4) is 11.8 Å². The molecule has 1 rings (SSSR count). The van der Waals surface area contributed by atoms with E-state index in [1.165, 1.54) is 11.1 Å². The highest BCUT2D eigenvalue weighted by molar-refractivity contribution is 7.98. The van der Waals surface area contributed by atoms with Gasteiger partial charge in [0.25, 0.3) is 0 Å². The second kappa shape index (κ2) is 7.81. The first kappa shape index (κ1) is 16.4. The van der Waals surface area contributed by atoms with Crippen LogP contribution in [-0.4, -0.2) is 6.26 Å². The molecule has 0 fully saturated rings. The lowest BCUT2D eigenvalue weighted by Gasteiger charge is -2.13. The highest BCUT2D eigenvalue weighted by Gasteiger charge is 2.08. The van der Waals surface area contributed by atoms with Gasteiger partial charge in [0.15, 0.2) is 0 Å². The van der Waals surface area contributed by atoms with E-state index in [0.29, 0.717) is 5.56 Å². The molecule has 0 aliphatic heterocycles. The number of hydrogen-bond donors (Lipinski definition) is 0. The Morgan fingerprint density at radius 2 is 2.05 bits per heavy atom. The van der Waals surface area contributed by atoms with Gasteiger partial charge in [-0.25, -0.2) is 0 Å². The molecule has 0 aliphatic rings. The predicted octanol–water partition coefficient (Wildman–Crippen LogP) is 5.31. The van der Waals surface area contributed by atoms with Gasteiger partial charge in [-0.1, -0.05) is 12.5 Å². The summed E-state index contributed by atoms with van der Waals surface area (Å²) in [5, 5.41) is 8.96. The van der Waals surface area contributed by atoms with Crippen molar-refractivity contribution in [2.45, 2.75) is 39.0 Å². The molecule has 0 spiro atoms. The van der Waals surface area contributed by atoms with Gasteiger partial charge in [-0.2, -0.15) is 5.26 Å². The molecule has 0 aliphatic carbocycles. The van der Waals surface area contributed by atoms with Crippen molar-refractivity contribution in [3.05, 3.63) is 46.7 Å². The molecule has 0 aromatic heterocycles. The van der Waals surface area contributed by atoms with E-state index in [0.717, 1.165) is 22.8 Å². The first-order valence-electron chi connectivity index (χ1n) is 6.62. The lowest BCUT2D eigenvalue weighted by molar-refractivity contribution is 0.425. The number of nitrogens with zero attached hydrogens (tertiary/aromatic N) is 1. The molecular weight excluding hydrogens is 266 g/mol. The number of hydrogen-bond acceptors (Lipinski definition) is 3. The Labute approximate surface area is 126 Å². The van der Waals surface area contributed by atoms with Crippen LogP contribution in [0.15, 0.2) is 46.1 Å². The lowest BCUT2D eigenvalue weighted by atomic mass is 10.1. The number of thioether (sulfide) groups is 1. The minimum atomic E-state index is 0.654. The van der Waals surface area contributed by atoms with Crippen molar-refractivity contribution in [2.75, 3.05) is 6.26 Å². The molecule has 3 heteroatoms. The molecule has 0 atom stereocenters. The first-order valence-corrected chi connectivity index (χ1v) is 7.85. The normalized spacial score (nSPS) is 11.4. The third kappa shape index (κ3) is 4.47. The number of rotatable bonds is 5. The highest BCUT2D eigenvalue weighted by Crippen LogP contribution is 2.31. The van der Waals surface area contributed by atoms with Crippen molar-refractivity contribution in [2.24, 2.45) is 0 Å². The summed E-state index contributed by atoms with van der Waals surface area (Å²) in [4.78, 5) is 0.979. The summed E-state index contributed by atoms with van der Waals surface area (Å²) in [5.41, 5.74) is 3.07. The van der Waals surface area contributed by atoms with Crippen LogP contribution in [0.25, 0.3) is 0 Å². The van der Waals surface area contributed by atoms with E-state index in [9.17, 15) is 0 Å². The second-order valence-electron chi connectivity index (χ2n) is 4.80. The van der Waals surface area contributed by atoms with Gasteiger partial charge in [-0.15, -0.1) is 11.8 Å². The highest BCUT2D eigenvalue weighted by atomic mass is 32.2. The number of allylic oxidation sites excluding steroid dienone is 3. The van der Waals surface area contributed by atoms with Gasteiger partial charge >= 0.3 is 0 Å². The fraction of sp³-hybridized carbons (Fsp3) is 0.353. The Morgan fingerprint density at radius 3 is 2.55 bits per heavy atom. The van der Waals surface area contributed by atoms with E-state index in [-0.39, 0.29) is 0 Å². The van der Waals surface area contributed by atoms with Gasteiger partial charge in [-0.05, 0) is 63.3 Å². The molecule has 0 saturated heterocycles. The zero-order valence-corrected chi connectivity index (χ0v) is 13.6. The van der Waals surface area contributed by atoms with E-state index in [4.69, 9.17) is 10.00 Å². The number of nitriles is 1. The molecule has 20 heavy (non-hydrogen) atoms. The Hall–Kier alpha value is -1.66. The van der Waals surface area contributed by atoms with Crippen LogP contribution in [0.3, 0.4) is 0 Å². The van der Waals surface area contributed by atoms with Crippen LogP contribution in [0, 0.1) is 11.3 Å². The summed E-state index contributed by atoms with van der Waals surface area (Å²) in [5.74, 6) is 1.70. The fourth-order valence-electron chi connectivity index (χ4n) is 1.62. The third-order valence-electron chi connectivity index (χ3n) is 2.88. The van der Waals surface area contributed by atoms with Crippen LogP contribution in [-0.2, 0) is 0 Å². The average Bonchev–Trinajstić information content (AvgIpc) is 2.45. The van der Waals surface area contributed by atoms with Crippen LogP contribution < -0.4 is 4.74 Å². The SMILES string of the molecule is CC/C(C)=C(\C=C(C)C)Oc1ccc(C#N)cc1SC. The molecule has 0 radical (unpaired) electrons. The van der Waals surface area contributed by atoms with Crippen LogP contribution in [0.1, 0.15) is 39.7 Å². The largest absolute Gasteiger partial charge is 0.456 e. The van der Waals surface area contributed by atoms with E-state index < -0.39 is 0 Å². The quantitative estimate of drug-likeness (QED) is 0.418. The van der Waals surface area contributed by atoms with Crippen LogP contribution in [0.2, 0.25) is 0 Å². The zero-order valence-electron chi connectivity index (χ0n) is 12.8.